The Bertz CT molecular complexity index is 530. The van der Waals surface area contributed by atoms with E-state index in [-0.39, 0.29) is 9.92 Å². The molecule has 0 aliphatic rings. The lowest BCUT2D eigenvalue weighted by molar-refractivity contribution is 0.491. The third kappa shape index (κ3) is 3.97. The molecule has 18 heavy (non-hydrogen) atoms. The summed E-state index contributed by atoms with van der Waals surface area (Å²) in [6, 6.07) is 5.07. The molecule has 1 N–H and O–H groups in total. The second-order valence-corrected chi connectivity index (χ2v) is 7.76. The van der Waals surface area contributed by atoms with E-state index in [2.05, 4.69) is 4.72 Å². The topological polar surface area (TPSA) is 46.2 Å². The summed E-state index contributed by atoms with van der Waals surface area (Å²) in [6.45, 7) is 9.45. The first kappa shape index (κ1) is 15.5. The molecule has 0 spiro atoms. The molecule has 3 nitrogen and oxygen atoms in total. The van der Waals surface area contributed by atoms with Crippen LogP contribution in [0.5, 0.6) is 0 Å². The minimum absolute atomic E-state index is 0.128. The zero-order valence-electron chi connectivity index (χ0n) is 11.4. The van der Waals surface area contributed by atoms with Crippen molar-refractivity contribution in [1.29, 1.82) is 0 Å². The number of nitrogens with one attached hydrogen (secondary N) is 1. The van der Waals surface area contributed by atoms with Gasteiger partial charge in [-0.25, -0.2) is 13.1 Å². The standard InChI is InChI=1S/C13H20ClNO2S/c1-9(2)10-6-7-12(11(14)8-10)18(16,17)15-13(3,4)5/h6-9,15H,1-5H3. The van der Waals surface area contributed by atoms with Crippen molar-refractivity contribution in [3.8, 4) is 0 Å². The van der Waals surface area contributed by atoms with Crippen LogP contribution in [0.15, 0.2) is 23.1 Å². The predicted octanol–water partition coefficient (Wildman–Crippen LogP) is 3.54. The summed E-state index contributed by atoms with van der Waals surface area (Å²) >= 11 is 6.07. The fraction of sp³-hybridized carbons (Fsp3) is 0.538. The first-order chi connectivity index (χ1) is 8.03. The Balaban J connectivity index is 3.19. The fourth-order valence-electron chi connectivity index (χ4n) is 1.55. The van der Waals surface area contributed by atoms with Gasteiger partial charge in [0.2, 0.25) is 10.0 Å². The van der Waals surface area contributed by atoms with Gasteiger partial charge in [0, 0.05) is 5.54 Å². The Labute approximate surface area is 115 Å². The highest BCUT2D eigenvalue weighted by atomic mass is 35.5. The lowest BCUT2D eigenvalue weighted by atomic mass is 10.0. The van der Waals surface area contributed by atoms with Crippen LogP contribution in [0.1, 0.15) is 46.1 Å². The van der Waals surface area contributed by atoms with Crippen LogP contribution in [-0.4, -0.2) is 14.0 Å². The highest BCUT2D eigenvalue weighted by molar-refractivity contribution is 7.89. The van der Waals surface area contributed by atoms with Gasteiger partial charge in [0.15, 0.2) is 0 Å². The van der Waals surface area contributed by atoms with Gasteiger partial charge in [-0.15, -0.1) is 0 Å². The Morgan fingerprint density at radius 3 is 2.17 bits per heavy atom. The number of benzene rings is 1. The molecule has 5 heteroatoms. The number of halogens is 1. The number of hydrogen-bond donors (Lipinski definition) is 1. The average molecular weight is 290 g/mol. The molecule has 0 saturated carbocycles. The van der Waals surface area contributed by atoms with Crippen molar-refractivity contribution in [2.24, 2.45) is 0 Å². The summed E-state index contributed by atoms with van der Waals surface area (Å²) in [4.78, 5) is 0.128. The van der Waals surface area contributed by atoms with Crippen LogP contribution in [0.25, 0.3) is 0 Å². The van der Waals surface area contributed by atoms with Gasteiger partial charge < -0.3 is 0 Å². The predicted molar refractivity (Wildman–Crippen MR) is 75.6 cm³/mol. The summed E-state index contributed by atoms with van der Waals surface area (Å²) in [5.74, 6) is 0.315. The summed E-state index contributed by atoms with van der Waals surface area (Å²) < 4.78 is 26.9. The maximum absolute atomic E-state index is 12.2. The van der Waals surface area contributed by atoms with Crippen LogP contribution >= 0.6 is 11.6 Å². The molecule has 0 atom stereocenters. The minimum Gasteiger partial charge on any atom is -0.207 e. The van der Waals surface area contributed by atoms with E-state index in [4.69, 9.17) is 11.6 Å². The molecular weight excluding hydrogens is 270 g/mol. The van der Waals surface area contributed by atoms with Crippen molar-refractivity contribution >= 4 is 21.6 Å². The molecule has 0 aliphatic heterocycles. The van der Waals surface area contributed by atoms with Crippen molar-refractivity contribution in [1.82, 2.24) is 4.72 Å². The zero-order valence-corrected chi connectivity index (χ0v) is 13.0. The molecule has 0 aliphatic carbocycles. The van der Waals surface area contributed by atoms with Gasteiger partial charge >= 0.3 is 0 Å². The van der Waals surface area contributed by atoms with Gasteiger partial charge in [0.25, 0.3) is 0 Å². The molecule has 0 bridgehead atoms. The van der Waals surface area contributed by atoms with Gasteiger partial charge in [-0.3, -0.25) is 0 Å². The van der Waals surface area contributed by atoms with E-state index >= 15 is 0 Å². The Hall–Kier alpha value is -0.580. The van der Waals surface area contributed by atoms with Gasteiger partial charge in [-0.2, -0.15) is 0 Å². The molecule has 0 unspecified atom stereocenters. The molecule has 0 saturated heterocycles. The SMILES string of the molecule is CC(C)c1ccc(S(=O)(=O)NC(C)(C)C)c(Cl)c1. The minimum atomic E-state index is -3.57. The Kier molecular flexibility index (Phi) is 4.47. The second-order valence-electron chi connectivity index (χ2n) is 5.70. The van der Waals surface area contributed by atoms with Gasteiger partial charge in [0.1, 0.15) is 4.90 Å². The van der Waals surface area contributed by atoms with Crippen molar-refractivity contribution in [2.45, 2.75) is 51.0 Å². The summed E-state index contributed by atoms with van der Waals surface area (Å²) in [7, 11) is -3.57. The fourth-order valence-corrected chi connectivity index (χ4v) is 3.52. The lowest BCUT2D eigenvalue weighted by Crippen LogP contribution is -2.40. The van der Waals surface area contributed by atoms with Crippen LogP contribution in [0.2, 0.25) is 5.02 Å². The second kappa shape index (κ2) is 5.19. The first-order valence-corrected chi connectivity index (χ1v) is 7.72. The highest BCUT2D eigenvalue weighted by Crippen LogP contribution is 2.26. The summed E-state index contributed by atoms with van der Waals surface area (Å²) in [5, 5.41) is 0.262. The van der Waals surface area contributed by atoms with Crippen LogP contribution in [-0.2, 0) is 10.0 Å². The highest BCUT2D eigenvalue weighted by Gasteiger charge is 2.24. The van der Waals surface area contributed by atoms with Gasteiger partial charge in [-0.1, -0.05) is 31.5 Å². The number of hydrogen-bond acceptors (Lipinski definition) is 2. The van der Waals surface area contributed by atoms with E-state index in [0.29, 0.717) is 5.92 Å². The number of rotatable bonds is 3. The van der Waals surface area contributed by atoms with Crippen LogP contribution in [0.4, 0.5) is 0 Å². The van der Waals surface area contributed by atoms with E-state index in [1.807, 2.05) is 13.8 Å². The smallest absolute Gasteiger partial charge is 0.207 e. The monoisotopic (exact) mass is 289 g/mol. The summed E-state index contributed by atoms with van der Waals surface area (Å²) in [6.07, 6.45) is 0. The zero-order chi connectivity index (χ0) is 14.1. The van der Waals surface area contributed by atoms with Crippen LogP contribution < -0.4 is 4.72 Å². The average Bonchev–Trinajstić information content (AvgIpc) is 2.12. The lowest BCUT2D eigenvalue weighted by Gasteiger charge is -2.21. The van der Waals surface area contributed by atoms with E-state index < -0.39 is 15.6 Å². The third-order valence-corrected chi connectivity index (χ3v) is 4.59. The Morgan fingerprint density at radius 2 is 1.78 bits per heavy atom. The molecule has 0 fully saturated rings. The van der Waals surface area contributed by atoms with E-state index in [1.165, 1.54) is 0 Å². The molecule has 0 aromatic heterocycles. The summed E-state index contributed by atoms with van der Waals surface area (Å²) in [5.41, 5.74) is 0.494. The van der Waals surface area contributed by atoms with Crippen molar-refractivity contribution in [3.05, 3.63) is 28.8 Å². The maximum Gasteiger partial charge on any atom is 0.242 e. The quantitative estimate of drug-likeness (QED) is 0.925. The molecule has 1 aromatic carbocycles. The first-order valence-electron chi connectivity index (χ1n) is 5.86. The normalized spacial score (nSPS) is 13.1. The molecule has 0 radical (unpaired) electrons. The molecular formula is C13H20ClNO2S. The van der Waals surface area contributed by atoms with Crippen molar-refractivity contribution in [2.75, 3.05) is 0 Å². The Morgan fingerprint density at radius 1 is 1.22 bits per heavy atom. The van der Waals surface area contributed by atoms with Crippen LogP contribution in [0.3, 0.4) is 0 Å². The molecule has 0 heterocycles. The maximum atomic E-state index is 12.2. The largest absolute Gasteiger partial charge is 0.242 e. The van der Waals surface area contributed by atoms with Crippen molar-refractivity contribution in [3.63, 3.8) is 0 Å². The third-order valence-electron chi connectivity index (χ3n) is 2.35. The van der Waals surface area contributed by atoms with Gasteiger partial charge in [-0.05, 0) is 44.4 Å². The van der Waals surface area contributed by atoms with Crippen LogP contribution in [0, 0.1) is 0 Å². The van der Waals surface area contributed by atoms with Gasteiger partial charge in [0.05, 0.1) is 5.02 Å². The van der Waals surface area contributed by atoms with E-state index in [9.17, 15) is 8.42 Å². The van der Waals surface area contributed by atoms with Crippen molar-refractivity contribution < 1.29 is 8.42 Å². The van der Waals surface area contributed by atoms with E-state index in [1.54, 1.807) is 39.0 Å². The molecule has 0 amide bonds. The van der Waals surface area contributed by atoms with E-state index in [0.717, 1.165) is 5.56 Å². The number of sulfonamides is 1. The molecule has 1 rings (SSSR count). The molecule has 102 valence electrons. The molecule has 1 aromatic rings.